The summed E-state index contributed by atoms with van der Waals surface area (Å²) in [5.74, 6) is 0. The van der Waals surface area contributed by atoms with Crippen molar-refractivity contribution in [1.29, 1.82) is 0 Å². The predicted molar refractivity (Wildman–Crippen MR) is 72.0 cm³/mol. The Morgan fingerprint density at radius 2 is 2.21 bits per heavy atom. The Balaban J connectivity index is 2.31. The van der Waals surface area contributed by atoms with E-state index in [-0.39, 0.29) is 12.2 Å². The fourth-order valence-corrected chi connectivity index (χ4v) is 1.71. The van der Waals surface area contributed by atoms with Crippen molar-refractivity contribution in [2.24, 2.45) is 5.73 Å². The van der Waals surface area contributed by atoms with Crippen molar-refractivity contribution < 1.29 is 19.0 Å². The van der Waals surface area contributed by atoms with Crippen LogP contribution >= 0.6 is 0 Å². The molecule has 0 aliphatic carbocycles. The monoisotopic (exact) mass is 274 g/mol. The van der Waals surface area contributed by atoms with Gasteiger partial charge >= 0.3 is 6.09 Å². The number of amides is 1. The molecule has 0 saturated carbocycles. The average molecular weight is 274 g/mol. The summed E-state index contributed by atoms with van der Waals surface area (Å²) in [6.45, 7) is 8.91. The largest absolute Gasteiger partial charge is 0.444 e. The first kappa shape index (κ1) is 16.2. The van der Waals surface area contributed by atoms with E-state index in [1.54, 1.807) is 4.90 Å². The summed E-state index contributed by atoms with van der Waals surface area (Å²) in [4.78, 5) is 13.6. The fraction of sp³-hybridized carbons (Fsp3) is 0.923. The molecule has 0 spiro atoms. The van der Waals surface area contributed by atoms with Crippen LogP contribution in [0.15, 0.2) is 0 Å². The Morgan fingerprint density at radius 3 is 2.84 bits per heavy atom. The summed E-state index contributed by atoms with van der Waals surface area (Å²) in [6, 6.07) is 0. The molecule has 6 heteroatoms. The molecule has 1 atom stereocenters. The van der Waals surface area contributed by atoms with Crippen LogP contribution in [0.5, 0.6) is 0 Å². The second kappa shape index (κ2) is 7.67. The molecular formula is C13H26N2O4. The van der Waals surface area contributed by atoms with E-state index in [0.717, 1.165) is 6.42 Å². The Labute approximate surface area is 115 Å². The lowest BCUT2D eigenvalue weighted by molar-refractivity contribution is -0.0724. The second-order valence-corrected chi connectivity index (χ2v) is 5.64. The third-order valence-electron chi connectivity index (χ3n) is 2.59. The van der Waals surface area contributed by atoms with E-state index in [4.69, 9.17) is 19.9 Å². The highest BCUT2D eigenvalue weighted by molar-refractivity contribution is 5.68. The number of carbonyl (C=O) groups is 1. The molecule has 112 valence electrons. The van der Waals surface area contributed by atoms with Gasteiger partial charge in [0.05, 0.1) is 25.9 Å². The summed E-state index contributed by atoms with van der Waals surface area (Å²) in [6.07, 6.45) is 0.462. The quantitative estimate of drug-likeness (QED) is 0.757. The molecule has 2 N–H and O–H groups in total. The smallest absolute Gasteiger partial charge is 0.410 e. The third-order valence-corrected chi connectivity index (χ3v) is 2.59. The SMILES string of the molecule is CC(C)(C)OC(=O)N1CCO[C@H](COCCCN)C1. The van der Waals surface area contributed by atoms with Gasteiger partial charge in [0.15, 0.2) is 0 Å². The molecular weight excluding hydrogens is 248 g/mol. The third kappa shape index (κ3) is 6.75. The van der Waals surface area contributed by atoms with Crippen LogP contribution in [0.2, 0.25) is 0 Å². The molecule has 0 aromatic rings. The number of hydrogen-bond acceptors (Lipinski definition) is 5. The summed E-state index contributed by atoms with van der Waals surface area (Å²) in [7, 11) is 0. The maximum Gasteiger partial charge on any atom is 0.410 e. The highest BCUT2D eigenvalue weighted by atomic mass is 16.6. The molecule has 0 aromatic carbocycles. The lowest BCUT2D eigenvalue weighted by Gasteiger charge is -2.34. The maximum atomic E-state index is 11.9. The van der Waals surface area contributed by atoms with E-state index >= 15 is 0 Å². The number of carbonyl (C=O) groups excluding carboxylic acids is 1. The predicted octanol–water partition coefficient (Wildman–Crippen LogP) is 0.988. The number of morpholine rings is 1. The summed E-state index contributed by atoms with van der Waals surface area (Å²) in [5.41, 5.74) is 4.92. The first-order valence-corrected chi connectivity index (χ1v) is 6.79. The molecule has 19 heavy (non-hydrogen) atoms. The van der Waals surface area contributed by atoms with E-state index < -0.39 is 5.60 Å². The highest BCUT2D eigenvalue weighted by Crippen LogP contribution is 2.13. The Bertz CT molecular complexity index is 278. The van der Waals surface area contributed by atoms with Crippen LogP contribution in [0.25, 0.3) is 0 Å². The zero-order valence-electron chi connectivity index (χ0n) is 12.2. The van der Waals surface area contributed by atoms with E-state index in [1.165, 1.54) is 0 Å². The number of rotatable bonds is 5. The lowest BCUT2D eigenvalue weighted by atomic mass is 10.2. The summed E-state index contributed by atoms with van der Waals surface area (Å²) in [5, 5.41) is 0. The highest BCUT2D eigenvalue weighted by Gasteiger charge is 2.28. The Kier molecular flexibility index (Phi) is 6.54. The summed E-state index contributed by atoms with van der Waals surface area (Å²) < 4.78 is 16.4. The second-order valence-electron chi connectivity index (χ2n) is 5.64. The molecule has 1 saturated heterocycles. The van der Waals surface area contributed by atoms with Crippen LogP contribution in [0.4, 0.5) is 4.79 Å². The van der Waals surface area contributed by atoms with Gasteiger partial charge in [-0.1, -0.05) is 0 Å². The van der Waals surface area contributed by atoms with E-state index in [9.17, 15) is 4.79 Å². The number of ether oxygens (including phenoxy) is 3. The van der Waals surface area contributed by atoms with E-state index in [2.05, 4.69) is 0 Å². The zero-order valence-corrected chi connectivity index (χ0v) is 12.2. The molecule has 0 bridgehead atoms. The van der Waals surface area contributed by atoms with Crippen molar-refractivity contribution in [1.82, 2.24) is 4.90 Å². The van der Waals surface area contributed by atoms with Crippen LogP contribution in [0, 0.1) is 0 Å². The van der Waals surface area contributed by atoms with Crippen molar-refractivity contribution in [2.75, 3.05) is 39.5 Å². The Hall–Kier alpha value is -0.850. The fourth-order valence-electron chi connectivity index (χ4n) is 1.71. The van der Waals surface area contributed by atoms with Gasteiger partial charge in [0.2, 0.25) is 0 Å². The van der Waals surface area contributed by atoms with Gasteiger partial charge in [-0.3, -0.25) is 0 Å². The maximum absolute atomic E-state index is 11.9. The van der Waals surface area contributed by atoms with Crippen molar-refractivity contribution in [3.63, 3.8) is 0 Å². The first-order chi connectivity index (χ1) is 8.92. The minimum absolute atomic E-state index is 0.0842. The van der Waals surface area contributed by atoms with Crippen molar-refractivity contribution in [3.8, 4) is 0 Å². The van der Waals surface area contributed by atoms with Crippen molar-refractivity contribution in [2.45, 2.75) is 38.9 Å². The van der Waals surface area contributed by atoms with Crippen molar-refractivity contribution >= 4 is 6.09 Å². The van der Waals surface area contributed by atoms with Gasteiger partial charge in [-0.25, -0.2) is 4.79 Å². The van der Waals surface area contributed by atoms with Crippen LogP contribution in [-0.4, -0.2) is 62.2 Å². The number of hydrogen-bond donors (Lipinski definition) is 1. The molecule has 1 rings (SSSR count). The standard InChI is InChI=1S/C13H26N2O4/c1-13(2,3)19-12(16)15-6-8-18-11(9-15)10-17-7-4-5-14/h11H,4-10,14H2,1-3H3/t11-/m0/s1. The molecule has 1 fully saturated rings. The lowest BCUT2D eigenvalue weighted by Crippen LogP contribution is -2.48. The normalized spacial score (nSPS) is 20.4. The summed E-state index contributed by atoms with van der Waals surface area (Å²) >= 11 is 0. The molecule has 0 unspecified atom stereocenters. The van der Waals surface area contributed by atoms with Gasteiger partial charge in [0.1, 0.15) is 5.60 Å². The van der Waals surface area contributed by atoms with Gasteiger partial charge in [0.25, 0.3) is 0 Å². The van der Waals surface area contributed by atoms with Crippen LogP contribution in [0.1, 0.15) is 27.2 Å². The van der Waals surface area contributed by atoms with Crippen LogP contribution in [0.3, 0.4) is 0 Å². The van der Waals surface area contributed by atoms with Gasteiger partial charge in [-0.2, -0.15) is 0 Å². The molecule has 1 aliphatic rings. The van der Waals surface area contributed by atoms with Gasteiger partial charge in [0, 0.05) is 13.2 Å². The van der Waals surface area contributed by atoms with Crippen LogP contribution < -0.4 is 5.73 Å². The molecule has 0 radical (unpaired) electrons. The molecule has 1 amide bonds. The molecule has 1 aliphatic heterocycles. The molecule has 0 aromatic heterocycles. The minimum Gasteiger partial charge on any atom is -0.444 e. The average Bonchev–Trinajstić information content (AvgIpc) is 2.33. The zero-order chi connectivity index (χ0) is 14.3. The number of nitrogens with two attached hydrogens (primary N) is 1. The molecule has 6 nitrogen and oxygen atoms in total. The van der Waals surface area contributed by atoms with Gasteiger partial charge < -0.3 is 24.8 Å². The van der Waals surface area contributed by atoms with Crippen LogP contribution in [-0.2, 0) is 14.2 Å². The van der Waals surface area contributed by atoms with Crippen molar-refractivity contribution in [3.05, 3.63) is 0 Å². The van der Waals surface area contributed by atoms with Gasteiger partial charge in [-0.15, -0.1) is 0 Å². The Morgan fingerprint density at radius 1 is 1.47 bits per heavy atom. The number of nitrogens with zero attached hydrogens (tertiary/aromatic N) is 1. The minimum atomic E-state index is -0.470. The first-order valence-electron chi connectivity index (χ1n) is 6.79. The van der Waals surface area contributed by atoms with Gasteiger partial charge in [-0.05, 0) is 33.7 Å². The molecule has 1 heterocycles. The van der Waals surface area contributed by atoms with E-state index in [1.807, 2.05) is 20.8 Å². The topological polar surface area (TPSA) is 74.0 Å². The van der Waals surface area contributed by atoms with E-state index in [0.29, 0.717) is 39.5 Å².